The van der Waals surface area contributed by atoms with Gasteiger partial charge >= 0.3 is 0 Å². The van der Waals surface area contributed by atoms with E-state index in [4.69, 9.17) is 9.56 Å². The summed E-state index contributed by atoms with van der Waals surface area (Å²) in [6.07, 6.45) is 3.00. The molecule has 1 heterocycles. The van der Waals surface area contributed by atoms with Crippen LogP contribution in [0.2, 0.25) is 0 Å². The lowest BCUT2D eigenvalue weighted by Gasteiger charge is -2.05. The number of aromatic nitrogens is 1. The third-order valence-corrected chi connectivity index (χ3v) is 3.09. The van der Waals surface area contributed by atoms with E-state index in [1.54, 1.807) is 6.20 Å². The van der Waals surface area contributed by atoms with E-state index in [-0.39, 0.29) is 12.3 Å². The number of oxazole rings is 1. The highest BCUT2D eigenvalue weighted by molar-refractivity contribution is 7.89. The molecule has 2 rings (SSSR count). The normalized spacial score (nSPS) is 11.4. The molecule has 6 nitrogen and oxygen atoms in total. The standard InChI is InChI=1S/C11H13N3O3S/c12-18(15,16)6-5-14-10-3-1-9(2-4-10)11-7-13-8-17-11/h1-4,7-8,14H,5-6H2,(H2,12,15,16). The van der Waals surface area contributed by atoms with Crippen molar-refractivity contribution in [2.24, 2.45) is 5.14 Å². The maximum Gasteiger partial charge on any atom is 0.210 e. The van der Waals surface area contributed by atoms with Crippen LogP contribution in [0.1, 0.15) is 0 Å². The molecule has 0 saturated carbocycles. The van der Waals surface area contributed by atoms with Gasteiger partial charge in [0.25, 0.3) is 0 Å². The first-order valence-electron chi connectivity index (χ1n) is 5.28. The van der Waals surface area contributed by atoms with Gasteiger partial charge in [-0.1, -0.05) is 0 Å². The molecule has 2 aromatic rings. The summed E-state index contributed by atoms with van der Waals surface area (Å²) in [6.45, 7) is 0.278. The number of benzene rings is 1. The molecule has 18 heavy (non-hydrogen) atoms. The van der Waals surface area contributed by atoms with Crippen molar-refractivity contribution in [3.8, 4) is 11.3 Å². The van der Waals surface area contributed by atoms with Crippen molar-refractivity contribution >= 4 is 15.7 Å². The van der Waals surface area contributed by atoms with E-state index >= 15 is 0 Å². The molecule has 96 valence electrons. The molecule has 0 atom stereocenters. The van der Waals surface area contributed by atoms with Crippen molar-refractivity contribution in [1.29, 1.82) is 0 Å². The largest absolute Gasteiger partial charge is 0.444 e. The van der Waals surface area contributed by atoms with Crippen LogP contribution in [0, 0.1) is 0 Å². The molecular weight excluding hydrogens is 254 g/mol. The lowest BCUT2D eigenvalue weighted by Crippen LogP contribution is -2.22. The summed E-state index contributed by atoms with van der Waals surface area (Å²) in [7, 11) is -3.42. The van der Waals surface area contributed by atoms with Crippen LogP contribution in [0.25, 0.3) is 11.3 Å². The SMILES string of the molecule is NS(=O)(=O)CCNc1ccc(-c2cnco2)cc1. The minimum atomic E-state index is -3.42. The van der Waals surface area contributed by atoms with E-state index in [0.717, 1.165) is 11.3 Å². The minimum absolute atomic E-state index is 0.100. The summed E-state index contributed by atoms with van der Waals surface area (Å²) >= 11 is 0. The van der Waals surface area contributed by atoms with Crippen LogP contribution in [0.15, 0.2) is 41.3 Å². The number of hydrogen-bond acceptors (Lipinski definition) is 5. The second kappa shape index (κ2) is 5.19. The first kappa shape index (κ1) is 12.6. The Morgan fingerprint density at radius 1 is 1.28 bits per heavy atom. The van der Waals surface area contributed by atoms with Crippen LogP contribution in [0.5, 0.6) is 0 Å². The molecule has 0 saturated heterocycles. The van der Waals surface area contributed by atoms with Crippen LogP contribution in [-0.4, -0.2) is 25.7 Å². The third-order valence-electron chi connectivity index (χ3n) is 2.32. The minimum Gasteiger partial charge on any atom is -0.444 e. The highest BCUT2D eigenvalue weighted by atomic mass is 32.2. The number of sulfonamides is 1. The molecule has 0 radical (unpaired) electrons. The number of nitrogens with zero attached hydrogens (tertiary/aromatic N) is 1. The van der Waals surface area contributed by atoms with Crippen molar-refractivity contribution in [2.75, 3.05) is 17.6 Å². The van der Waals surface area contributed by atoms with Crippen molar-refractivity contribution in [3.05, 3.63) is 36.9 Å². The Hall–Kier alpha value is -1.86. The maximum atomic E-state index is 10.7. The number of rotatable bonds is 5. The van der Waals surface area contributed by atoms with Gasteiger partial charge in [-0.25, -0.2) is 18.5 Å². The molecular formula is C11H13N3O3S. The van der Waals surface area contributed by atoms with Crippen LogP contribution in [-0.2, 0) is 10.0 Å². The predicted molar refractivity (Wildman–Crippen MR) is 68.4 cm³/mol. The Bertz CT molecular complexity index is 591. The highest BCUT2D eigenvalue weighted by Crippen LogP contribution is 2.20. The number of anilines is 1. The fourth-order valence-electron chi connectivity index (χ4n) is 1.45. The number of hydrogen-bond donors (Lipinski definition) is 2. The molecule has 0 amide bonds. The third kappa shape index (κ3) is 3.57. The summed E-state index contributed by atoms with van der Waals surface area (Å²) in [5.41, 5.74) is 1.73. The van der Waals surface area contributed by atoms with Gasteiger partial charge in [-0.05, 0) is 24.3 Å². The van der Waals surface area contributed by atoms with Gasteiger partial charge in [0.05, 0.1) is 11.9 Å². The van der Waals surface area contributed by atoms with E-state index < -0.39 is 10.0 Å². The molecule has 3 N–H and O–H groups in total. The fourth-order valence-corrected chi connectivity index (χ4v) is 1.83. The zero-order valence-electron chi connectivity index (χ0n) is 9.54. The van der Waals surface area contributed by atoms with Crippen LogP contribution in [0.3, 0.4) is 0 Å². The number of nitrogens with one attached hydrogen (secondary N) is 1. The van der Waals surface area contributed by atoms with Gasteiger partial charge in [0.2, 0.25) is 10.0 Å². The summed E-state index contributed by atoms with van der Waals surface area (Å²) in [4.78, 5) is 3.83. The quantitative estimate of drug-likeness (QED) is 0.843. The second-order valence-electron chi connectivity index (χ2n) is 3.74. The first-order valence-corrected chi connectivity index (χ1v) is 6.99. The molecule has 1 aromatic carbocycles. The van der Waals surface area contributed by atoms with Gasteiger partial charge in [0.1, 0.15) is 0 Å². The molecule has 0 fully saturated rings. The van der Waals surface area contributed by atoms with Gasteiger partial charge in [0.15, 0.2) is 12.2 Å². The highest BCUT2D eigenvalue weighted by Gasteiger charge is 2.03. The molecule has 7 heteroatoms. The lowest BCUT2D eigenvalue weighted by molar-refractivity contribution is 0.572. The fraction of sp³-hybridized carbons (Fsp3) is 0.182. The van der Waals surface area contributed by atoms with Crippen molar-refractivity contribution in [2.45, 2.75) is 0 Å². The van der Waals surface area contributed by atoms with Gasteiger partial charge in [-0.3, -0.25) is 0 Å². The number of nitrogens with two attached hydrogens (primary N) is 1. The molecule has 0 bridgehead atoms. The van der Waals surface area contributed by atoms with E-state index in [1.165, 1.54) is 6.39 Å². The average Bonchev–Trinajstić information content (AvgIpc) is 2.82. The average molecular weight is 267 g/mol. The predicted octanol–water partition coefficient (Wildman–Crippen LogP) is 1.04. The van der Waals surface area contributed by atoms with Crippen molar-refractivity contribution in [3.63, 3.8) is 0 Å². The summed E-state index contributed by atoms with van der Waals surface area (Å²) in [5.74, 6) is 0.586. The molecule has 0 aliphatic heterocycles. The van der Waals surface area contributed by atoms with E-state index in [1.807, 2.05) is 24.3 Å². The summed E-state index contributed by atoms with van der Waals surface area (Å²) in [5, 5.41) is 7.87. The molecule has 0 unspecified atom stereocenters. The van der Waals surface area contributed by atoms with Gasteiger partial charge in [-0.15, -0.1) is 0 Å². The Morgan fingerprint density at radius 2 is 2.00 bits per heavy atom. The van der Waals surface area contributed by atoms with Crippen LogP contribution < -0.4 is 10.5 Å². The Kier molecular flexibility index (Phi) is 3.63. The van der Waals surface area contributed by atoms with Gasteiger partial charge < -0.3 is 9.73 Å². The van der Waals surface area contributed by atoms with E-state index in [2.05, 4.69) is 10.3 Å². The van der Waals surface area contributed by atoms with Crippen LogP contribution >= 0.6 is 0 Å². The van der Waals surface area contributed by atoms with Crippen molar-refractivity contribution < 1.29 is 12.8 Å². The second-order valence-corrected chi connectivity index (χ2v) is 5.47. The van der Waals surface area contributed by atoms with E-state index in [0.29, 0.717) is 5.76 Å². The molecule has 1 aromatic heterocycles. The first-order chi connectivity index (χ1) is 8.54. The van der Waals surface area contributed by atoms with E-state index in [9.17, 15) is 8.42 Å². The number of primary sulfonamides is 1. The van der Waals surface area contributed by atoms with Crippen molar-refractivity contribution in [1.82, 2.24) is 4.98 Å². The Balaban J connectivity index is 1.96. The zero-order chi connectivity index (χ0) is 13.0. The monoisotopic (exact) mass is 267 g/mol. The maximum absolute atomic E-state index is 10.7. The topological polar surface area (TPSA) is 98.2 Å². The zero-order valence-corrected chi connectivity index (χ0v) is 10.4. The van der Waals surface area contributed by atoms with Gasteiger partial charge in [0, 0.05) is 17.8 Å². The van der Waals surface area contributed by atoms with Crippen LogP contribution in [0.4, 0.5) is 5.69 Å². The summed E-state index contributed by atoms with van der Waals surface area (Å²) < 4.78 is 26.7. The molecule has 0 aliphatic rings. The Labute approximate surface area is 105 Å². The Morgan fingerprint density at radius 3 is 2.56 bits per heavy atom. The van der Waals surface area contributed by atoms with Gasteiger partial charge in [-0.2, -0.15) is 0 Å². The molecule has 0 aliphatic carbocycles. The lowest BCUT2D eigenvalue weighted by atomic mass is 10.2. The summed E-state index contributed by atoms with van der Waals surface area (Å²) in [6, 6.07) is 7.39. The smallest absolute Gasteiger partial charge is 0.210 e. The molecule has 0 spiro atoms.